The maximum Gasteiger partial charge on any atom is 0.266 e. The van der Waals surface area contributed by atoms with E-state index >= 15 is 0 Å². The summed E-state index contributed by atoms with van der Waals surface area (Å²) in [6.07, 6.45) is 1.49. The van der Waals surface area contributed by atoms with Gasteiger partial charge in [-0.25, -0.2) is 4.39 Å². The third-order valence-electron chi connectivity index (χ3n) is 4.35. The number of hydrogen-bond donors (Lipinski definition) is 1. The van der Waals surface area contributed by atoms with E-state index in [9.17, 15) is 14.4 Å². The van der Waals surface area contributed by atoms with Crippen molar-refractivity contribution in [1.29, 1.82) is 5.26 Å². The number of nitriles is 1. The number of aromatic nitrogens is 1. The molecule has 0 radical (unpaired) electrons. The summed E-state index contributed by atoms with van der Waals surface area (Å²) in [5.74, 6) is -1.24. The summed E-state index contributed by atoms with van der Waals surface area (Å²) in [6, 6.07) is 17.0. The van der Waals surface area contributed by atoms with Gasteiger partial charge in [0.2, 0.25) is 0 Å². The topological polar surface area (TPSA) is 57.8 Å². The summed E-state index contributed by atoms with van der Waals surface area (Å²) in [5, 5.41) is 12.5. The van der Waals surface area contributed by atoms with Gasteiger partial charge in [-0.3, -0.25) is 4.79 Å². The molecular weight excluding hydrogens is 377 g/mol. The van der Waals surface area contributed by atoms with Crippen molar-refractivity contribution in [2.24, 2.45) is 0 Å². The summed E-state index contributed by atoms with van der Waals surface area (Å²) < 4.78 is 15.7. The number of aryl methyl sites for hydroxylation is 1. The highest BCUT2D eigenvalue weighted by atomic mass is 35.5. The van der Waals surface area contributed by atoms with Crippen LogP contribution in [0.5, 0.6) is 0 Å². The van der Waals surface area contributed by atoms with Crippen molar-refractivity contribution in [3.05, 3.63) is 88.0 Å². The lowest BCUT2D eigenvalue weighted by atomic mass is 10.1. The van der Waals surface area contributed by atoms with Crippen LogP contribution in [-0.4, -0.2) is 10.5 Å². The van der Waals surface area contributed by atoms with Crippen molar-refractivity contribution in [3.63, 3.8) is 0 Å². The largest absolute Gasteiger partial charge is 0.319 e. The molecule has 0 aliphatic heterocycles. The molecule has 2 aromatic carbocycles. The van der Waals surface area contributed by atoms with Crippen molar-refractivity contribution >= 4 is 29.3 Å². The Labute approximate surface area is 167 Å². The van der Waals surface area contributed by atoms with Gasteiger partial charge in [-0.2, -0.15) is 5.26 Å². The average Bonchev–Trinajstić information content (AvgIpc) is 2.95. The third-order valence-corrected chi connectivity index (χ3v) is 4.67. The first-order valence-electron chi connectivity index (χ1n) is 8.54. The van der Waals surface area contributed by atoms with Gasteiger partial charge in [0, 0.05) is 11.4 Å². The van der Waals surface area contributed by atoms with Gasteiger partial charge in [0.25, 0.3) is 5.91 Å². The maximum absolute atomic E-state index is 13.8. The molecule has 3 aromatic rings. The molecule has 28 heavy (non-hydrogen) atoms. The zero-order chi connectivity index (χ0) is 20.3. The molecule has 0 saturated carbocycles. The molecule has 0 spiro atoms. The fraction of sp³-hybridized carbons (Fsp3) is 0.0909. The summed E-state index contributed by atoms with van der Waals surface area (Å²) in [5.41, 5.74) is 3.16. The highest BCUT2D eigenvalue weighted by Crippen LogP contribution is 2.27. The van der Waals surface area contributed by atoms with Crippen LogP contribution in [0, 0.1) is 31.0 Å². The van der Waals surface area contributed by atoms with Crippen LogP contribution in [0.25, 0.3) is 11.8 Å². The number of para-hydroxylation sites is 2. The Morgan fingerprint density at radius 3 is 2.54 bits per heavy atom. The second kappa shape index (κ2) is 8.12. The molecule has 0 unspecified atom stereocenters. The first-order valence-corrected chi connectivity index (χ1v) is 8.91. The fourth-order valence-corrected chi connectivity index (χ4v) is 3.21. The molecule has 3 rings (SSSR count). The van der Waals surface area contributed by atoms with E-state index in [-0.39, 0.29) is 11.3 Å². The van der Waals surface area contributed by atoms with Crippen molar-refractivity contribution in [1.82, 2.24) is 4.57 Å². The van der Waals surface area contributed by atoms with E-state index in [1.165, 1.54) is 24.3 Å². The number of rotatable bonds is 4. The monoisotopic (exact) mass is 393 g/mol. The Kier molecular flexibility index (Phi) is 5.62. The summed E-state index contributed by atoms with van der Waals surface area (Å²) in [4.78, 5) is 12.4. The molecular formula is C22H17ClFN3O. The van der Waals surface area contributed by atoms with Crippen LogP contribution in [-0.2, 0) is 4.79 Å². The van der Waals surface area contributed by atoms with Gasteiger partial charge in [0.1, 0.15) is 17.5 Å². The van der Waals surface area contributed by atoms with Gasteiger partial charge in [0.05, 0.1) is 16.4 Å². The van der Waals surface area contributed by atoms with E-state index in [0.717, 1.165) is 17.1 Å². The minimum atomic E-state index is -0.671. The number of nitrogens with zero attached hydrogens (tertiary/aromatic N) is 2. The predicted molar refractivity (Wildman–Crippen MR) is 109 cm³/mol. The first-order chi connectivity index (χ1) is 13.4. The Morgan fingerprint density at radius 1 is 1.18 bits per heavy atom. The minimum absolute atomic E-state index is 0.0233. The highest BCUT2D eigenvalue weighted by Gasteiger charge is 2.16. The van der Waals surface area contributed by atoms with E-state index in [1.807, 2.05) is 48.7 Å². The molecule has 1 N–H and O–H groups in total. The highest BCUT2D eigenvalue weighted by molar-refractivity contribution is 6.32. The van der Waals surface area contributed by atoms with Crippen LogP contribution in [0.1, 0.15) is 17.0 Å². The molecule has 1 amide bonds. The van der Waals surface area contributed by atoms with Crippen LogP contribution in [0.3, 0.4) is 0 Å². The molecule has 4 nitrogen and oxygen atoms in total. The summed E-state index contributed by atoms with van der Waals surface area (Å²) in [6.45, 7) is 3.80. The zero-order valence-electron chi connectivity index (χ0n) is 15.3. The number of carbonyl (C=O) groups is 1. The molecule has 0 saturated heterocycles. The molecule has 0 aliphatic rings. The van der Waals surface area contributed by atoms with E-state index in [1.54, 1.807) is 12.1 Å². The SMILES string of the molecule is Cc1cc(/C=C(/C#N)C(=O)Nc2ccccc2F)c(C)n1-c1ccccc1Cl. The van der Waals surface area contributed by atoms with Crippen LogP contribution < -0.4 is 5.32 Å². The van der Waals surface area contributed by atoms with Gasteiger partial charge in [-0.1, -0.05) is 35.9 Å². The van der Waals surface area contributed by atoms with Gasteiger partial charge in [0.15, 0.2) is 0 Å². The second-order valence-corrected chi connectivity index (χ2v) is 6.62. The minimum Gasteiger partial charge on any atom is -0.319 e. The number of anilines is 1. The van der Waals surface area contributed by atoms with Gasteiger partial charge in [-0.05, 0) is 55.8 Å². The average molecular weight is 394 g/mol. The molecule has 6 heteroatoms. The molecule has 140 valence electrons. The number of hydrogen-bond acceptors (Lipinski definition) is 2. The quantitative estimate of drug-likeness (QED) is 0.474. The lowest BCUT2D eigenvalue weighted by Crippen LogP contribution is -2.14. The van der Waals surface area contributed by atoms with Crippen molar-refractivity contribution in [2.45, 2.75) is 13.8 Å². The number of benzene rings is 2. The lowest BCUT2D eigenvalue weighted by molar-refractivity contribution is -0.112. The molecule has 1 heterocycles. The van der Waals surface area contributed by atoms with E-state index in [0.29, 0.717) is 10.6 Å². The third kappa shape index (κ3) is 3.83. The van der Waals surface area contributed by atoms with Crippen LogP contribution in [0.2, 0.25) is 5.02 Å². The smallest absolute Gasteiger partial charge is 0.266 e. The second-order valence-electron chi connectivity index (χ2n) is 6.22. The Balaban J connectivity index is 1.97. The van der Waals surface area contributed by atoms with E-state index < -0.39 is 11.7 Å². The Hall–Kier alpha value is -3.36. The normalized spacial score (nSPS) is 11.2. The summed E-state index contributed by atoms with van der Waals surface area (Å²) >= 11 is 6.31. The van der Waals surface area contributed by atoms with Gasteiger partial charge >= 0.3 is 0 Å². The van der Waals surface area contributed by atoms with Crippen molar-refractivity contribution < 1.29 is 9.18 Å². The summed E-state index contributed by atoms with van der Waals surface area (Å²) in [7, 11) is 0. The van der Waals surface area contributed by atoms with Crippen molar-refractivity contribution in [2.75, 3.05) is 5.32 Å². The first kappa shape index (κ1) is 19.4. The van der Waals surface area contributed by atoms with Crippen molar-refractivity contribution in [3.8, 4) is 11.8 Å². The van der Waals surface area contributed by atoms with Gasteiger partial charge in [-0.15, -0.1) is 0 Å². The number of halogens is 2. The number of nitrogens with one attached hydrogen (secondary N) is 1. The molecule has 0 aliphatic carbocycles. The van der Waals surface area contributed by atoms with Crippen LogP contribution in [0.15, 0.2) is 60.2 Å². The van der Waals surface area contributed by atoms with E-state index in [2.05, 4.69) is 5.32 Å². The van der Waals surface area contributed by atoms with Gasteiger partial charge < -0.3 is 9.88 Å². The number of carbonyl (C=O) groups excluding carboxylic acids is 1. The van der Waals surface area contributed by atoms with Crippen LogP contribution >= 0.6 is 11.6 Å². The zero-order valence-corrected chi connectivity index (χ0v) is 16.1. The molecule has 1 aromatic heterocycles. The lowest BCUT2D eigenvalue weighted by Gasteiger charge is -2.11. The van der Waals surface area contributed by atoms with Crippen LogP contribution in [0.4, 0.5) is 10.1 Å². The Morgan fingerprint density at radius 2 is 1.86 bits per heavy atom. The number of amides is 1. The Bertz CT molecular complexity index is 1130. The predicted octanol–water partition coefficient (Wildman–Crippen LogP) is 5.43. The van der Waals surface area contributed by atoms with E-state index in [4.69, 9.17) is 11.6 Å². The fourth-order valence-electron chi connectivity index (χ4n) is 2.99. The molecule has 0 fully saturated rings. The molecule has 0 atom stereocenters. The molecule has 0 bridgehead atoms. The standard InChI is InChI=1S/C22H17ClFN3O/c1-14-11-16(15(2)27(14)21-10-6-3-7-18(21)23)12-17(13-25)22(28)26-20-9-5-4-8-19(20)24/h3-12H,1-2H3,(H,26,28)/b17-12-. The maximum atomic E-state index is 13.8.